The number of aromatic carboxylic acids is 1. The quantitative estimate of drug-likeness (QED) is 0.870. The van der Waals surface area contributed by atoms with E-state index in [0.29, 0.717) is 17.3 Å². The summed E-state index contributed by atoms with van der Waals surface area (Å²) in [6.45, 7) is 1.77. The molecule has 0 fully saturated rings. The van der Waals surface area contributed by atoms with E-state index < -0.39 is 5.97 Å². The maximum atomic E-state index is 10.7. The summed E-state index contributed by atoms with van der Waals surface area (Å²) in [6.07, 6.45) is 0. The van der Waals surface area contributed by atoms with Crippen molar-refractivity contribution in [2.75, 3.05) is 5.32 Å². The molecule has 1 aromatic heterocycles. The molecule has 6 nitrogen and oxygen atoms in total. The average molecular weight is 254 g/mol. The van der Waals surface area contributed by atoms with Crippen molar-refractivity contribution in [1.29, 1.82) is 5.26 Å². The second-order valence-electron chi connectivity index (χ2n) is 3.84. The molecule has 0 aliphatic heterocycles. The maximum Gasteiger partial charge on any atom is 0.335 e. The van der Waals surface area contributed by atoms with Gasteiger partial charge < -0.3 is 10.4 Å². The Hall–Kier alpha value is -2.94. The molecule has 0 radical (unpaired) electrons. The van der Waals surface area contributed by atoms with Crippen molar-refractivity contribution in [1.82, 2.24) is 9.97 Å². The fourth-order valence-electron chi connectivity index (χ4n) is 1.51. The number of nitrogens with zero attached hydrogens (tertiary/aromatic N) is 3. The summed E-state index contributed by atoms with van der Waals surface area (Å²) in [5.74, 6) is -0.676. The second kappa shape index (κ2) is 5.14. The minimum atomic E-state index is -0.981. The van der Waals surface area contributed by atoms with Gasteiger partial charge in [0.05, 0.1) is 5.56 Å². The van der Waals surface area contributed by atoms with Crippen molar-refractivity contribution in [3.8, 4) is 6.07 Å². The first kappa shape index (κ1) is 12.5. The molecular formula is C13H10N4O2. The Kier molecular flexibility index (Phi) is 3.39. The Labute approximate surface area is 109 Å². The third-order valence-corrected chi connectivity index (χ3v) is 2.36. The number of rotatable bonds is 3. The van der Waals surface area contributed by atoms with Crippen LogP contribution in [0.1, 0.15) is 21.7 Å². The lowest BCUT2D eigenvalue weighted by molar-refractivity contribution is 0.0697. The van der Waals surface area contributed by atoms with Crippen LogP contribution in [-0.4, -0.2) is 21.0 Å². The summed E-state index contributed by atoms with van der Waals surface area (Å²) in [5, 5.41) is 20.5. The van der Waals surface area contributed by atoms with Crippen LogP contribution in [-0.2, 0) is 0 Å². The highest BCUT2D eigenvalue weighted by molar-refractivity contribution is 5.88. The molecule has 0 amide bonds. The van der Waals surface area contributed by atoms with Crippen LogP contribution in [0.2, 0.25) is 0 Å². The Balaban J connectivity index is 2.24. The molecule has 0 unspecified atom stereocenters. The third kappa shape index (κ3) is 3.04. The van der Waals surface area contributed by atoms with Gasteiger partial charge in [-0.1, -0.05) is 0 Å². The van der Waals surface area contributed by atoms with Crippen molar-refractivity contribution < 1.29 is 9.90 Å². The molecule has 94 valence electrons. The maximum absolute atomic E-state index is 10.7. The minimum absolute atomic E-state index is 0.202. The van der Waals surface area contributed by atoms with Gasteiger partial charge in [0.1, 0.15) is 11.8 Å². The Morgan fingerprint density at radius 3 is 2.58 bits per heavy atom. The van der Waals surface area contributed by atoms with Crippen molar-refractivity contribution in [2.24, 2.45) is 0 Å². The summed E-state index contributed by atoms with van der Waals surface area (Å²) in [4.78, 5) is 18.9. The summed E-state index contributed by atoms with van der Waals surface area (Å²) < 4.78 is 0. The molecule has 1 heterocycles. The number of aromatic nitrogens is 2. The molecule has 19 heavy (non-hydrogen) atoms. The van der Waals surface area contributed by atoms with Gasteiger partial charge in [-0.2, -0.15) is 5.26 Å². The van der Waals surface area contributed by atoms with E-state index in [1.807, 2.05) is 6.07 Å². The molecule has 1 aromatic carbocycles. The highest BCUT2D eigenvalue weighted by atomic mass is 16.4. The first-order valence-corrected chi connectivity index (χ1v) is 5.44. The van der Waals surface area contributed by atoms with Gasteiger partial charge in [0.15, 0.2) is 0 Å². The van der Waals surface area contributed by atoms with E-state index in [-0.39, 0.29) is 11.3 Å². The Bertz CT molecular complexity index is 659. The van der Waals surface area contributed by atoms with Crippen LogP contribution in [0.25, 0.3) is 0 Å². The molecule has 2 aromatic rings. The van der Waals surface area contributed by atoms with Crippen molar-refractivity contribution in [3.05, 3.63) is 47.3 Å². The molecule has 0 atom stereocenters. The van der Waals surface area contributed by atoms with Gasteiger partial charge in [0, 0.05) is 11.4 Å². The molecular weight excluding hydrogens is 244 g/mol. The SMILES string of the molecule is Cc1cc(C#N)nc(Nc2ccc(C(=O)O)cc2)n1. The lowest BCUT2D eigenvalue weighted by Gasteiger charge is -2.06. The van der Waals surface area contributed by atoms with E-state index in [4.69, 9.17) is 10.4 Å². The molecule has 2 N–H and O–H groups in total. The van der Waals surface area contributed by atoms with E-state index in [2.05, 4.69) is 15.3 Å². The van der Waals surface area contributed by atoms with Gasteiger partial charge in [-0.3, -0.25) is 0 Å². The number of benzene rings is 1. The largest absolute Gasteiger partial charge is 0.478 e. The summed E-state index contributed by atoms with van der Waals surface area (Å²) >= 11 is 0. The second-order valence-corrected chi connectivity index (χ2v) is 3.84. The number of carboxylic acids is 1. The lowest BCUT2D eigenvalue weighted by atomic mass is 10.2. The number of nitriles is 1. The average Bonchev–Trinajstić information content (AvgIpc) is 2.38. The highest BCUT2D eigenvalue weighted by Crippen LogP contribution is 2.14. The molecule has 0 spiro atoms. The number of nitrogens with one attached hydrogen (secondary N) is 1. The van der Waals surface area contributed by atoms with Gasteiger partial charge in [0.2, 0.25) is 5.95 Å². The number of carbonyl (C=O) groups is 1. The monoisotopic (exact) mass is 254 g/mol. The number of aryl methyl sites for hydroxylation is 1. The van der Waals surface area contributed by atoms with Gasteiger partial charge in [0.25, 0.3) is 0 Å². The molecule has 0 bridgehead atoms. The van der Waals surface area contributed by atoms with Gasteiger partial charge >= 0.3 is 5.97 Å². The van der Waals surface area contributed by atoms with Crippen LogP contribution in [0.3, 0.4) is 0 Å². The first-order chi connectivity index (χ1) is 9.08. The fourth-order valence-corrected chi connectivity index (χ4v) is 1.51. The van der Waals surface area contributed by atoms with Crippen LogP contribution in [0.4, 0.5) is 11.6 Å². The number of anilines is 2. The predicted molar refractivity (Wildman–Crippen MR) is 68.2 cm³/mol. The zero-order chi connectivity index (χ0) is 13.8. The number of hydrogen-bond acceptors (Lipinski definition) is 5. The van der Waals surface area contributed by atoms with Crippen LogP contribution < -0.4 is 5.32 Å². The van der Waals surface area contributed by atoms with Crippen molar-refractivity contribution in [3.63, 3.8) is 0 Å². The van der Waals surface area contributed by atoms with Crippen LogP contribution >= 0.6 is 0 Å². The first-order valence-electron chi connectivity index (χ1n) is 5.44. The molecule has 0 saturated heterocycles. The zero-order valence-electron chi connectivity index (χ0n) is 10.1. The topological polar surface area (TPSA) is 98.9 Å². The molecule has 0 aliphatic rings. The molecule has 0 saturated carbocycles. The van der Waals surface area contributed by atoms with Gasteiger partial charge in [-0.25, -0.2) is 14.8 Å². The Morgan fingerprint density at radius 1 is 1.32 bits per heavy atom. The summed E-state index contributed by atoms with van der Waals surface area (Å²) in [7, 11) is 0. The van der Waals surface area contributed by atoms with Gasteiger partial charge in [-0.15, -0.1) is 0 Å². The summed E-state index contributed by atoms with van der Waals surface area (Å²) in [6, 6.07) is 9.71. The van der Waals surface area contributed by atoms with Crippen LogP contribution in [0, 0.1) is 18.3 Å². The smallest absolute Gasteiger partial charge is 0.335 e. The fraction of sp³-hybridized carbons (Fsp3) is 0.0769. The molecule has 6 heteroatoms. The lowest BCUT2D eigenvalue weighted by Crippen LogP contribution is -2.01. The zero-order valence-corrected chi connectivity index (χ0v) is 10.1. The minimum Gasteiger partial charge on any atom is -0.478 e. The van der Waals surface area contributed by atoms with Crippen LogP contribution in [0.5, 0.6) is 0 Å². The highest BCUT2D eigenvalue weighted by Gasteiger charge is 2.04. The standard InChI is InChI=1S/C13H10N4O2/c1-8-6-11(7-14)17-13(15-8)16-10-4-2-9(3-5-10)12(18)19/h2-6H,1H3,(H,18,19)(H,15,16,17). The van der Waals surface area contributed by atoms with Crippen molar-refractivity contribution in [2.45, 2.75) is 6.92 Å². The normalized spacial score (nSPS) is 9.68. The summed E-state index contributed by atoms with van der Waals surface area (Å²) in [5.41, 5.74) is 1.81. The van der Waals surface area contributed by atoms with E-state index in [9.17, 15) is 4.79 Å². The van der Waals surface area contributed by atoms with E-state index >= 15 is 0 Å². The molecule has 2 rings (SSSR count). The van der Waals surface area contributed by atoms with Crippen LogP contribution in [0.15, 0.2) is 30.3 Å². The predicted octanol–water partition coefficient (Wildman–Crippen LogP) is 2.10. The van der Waals surface area contributed by atoms with Gasteiger partial charge in [-0.05, 0) is 37.3 Å². The van der Waals surface area contributed by atoms with Crippen molar-refractivity contribution >= 4 is 17.6 Å². The third-order valence-electron chi connectivity index (χ3n) is 2.36. The van der Waals surface area contributed by atoms with E-state index in [1.54, 1.807) is 25.1 Å². The Morgan fingerprint density at radius 2 is 2.00 bits per heavy atom. The number of hydrogen-bond donors (Lipinski definition) is 2. The molecule has 0 aliphatic carbocycles. The number of carboxylic acid groups (broad SMARTS) is 1. The van der Waals surface area contributed by atoms with E-state index in [1.165, 1.54) is 12.1 Å². The van der Waals surface area contributed by atoms with E-state index in [0.717, 1.165) is 0 Å².